The van der Waals surface area contributed by atoms with Gasteiger partial charge >= 0.3 is 0 Å². The summed E-state index contributed by atoms with van der Waals surface area (Å²) in [6.07, 6.45) is 0.459. The molecule has 0 fully saturated rings. The number of nitrogens with one attached hydrogen (secondary N) is 2. The van der Waals surface area contributed by atoms with E-state index in [1.807, 2.05) is 0 Å². The number of anilines is 1. The van der Waals surface area contributed by atoms with Crippen LogP contribution in [0.1, 0.15) is 15.4 Å². The Morgan fingerprint density at radius 1 is 1.03 bits per heavy atom. The van der Waals surface area contributed by atoms with Gasteiger partial charge in [0, 0.05) is 18.0 Å². The lowest BCUT2D eigenvalue weighted by Gasteiger charge is -2.07. The van der Waals surface area contributed by atoms with Crippen LogP contribution in [0.2, 0.25) is 15.1 Å². The van der Waals surface area contributed by atoms with E-state index in [9.17, 15) is 9.59 Å². The zero-order valence-corrected chi connectivity index (χ0v) is 18.4. The summed E-state index contributed by atoms with van der Waals surface area (Å²) in [5, 5.41) is 15.5. The molecule has 0 unspecified atom stereocenters. The average Bonchev–Trinajstić information content (AvgIpc) is 3.14. The van der Waals surface area contributed by atoms with Crippen molar-refractivity contribution >= 4 is 63.1 Å². The van der Waals surface area contributed by atoms with E-state index >= 15 is 0 Å². The van der Waals surface area contributed by atoms with Gasteiger partial charge in [0.1, 0.15) is 10.8 Å². The van der Waals surface area contributed by atoms with Crippen LogP contribution in [0.5, 0.6) is 5.75 Å². The molecule has 0 saturated carbocycles. The Balaban J connectivity index is 1.43. The van der Waals surface area contributed by atoms with Crippen LogP contribution in [-0.4, -0.2) is 35.2 Å². The van der Waals surface area contributed by atoms with Crippen molar-refractivity contribution in [2.45, 2.75) is 6.42 Å². The quantitative estimate of drug-likeness (QED) is 0.490. The molecule has 11 heteroatoms. The van der Waals surface area contributed by atoms with Crippen molar-refractivity contribution in [1.29, 1.82) is 0 Å². The zero-order chi connectivity index (χ0) is 21.5. The first-order valence-corrected chi connectivity index (χ1v) is 10.6. The van der Waals surface area contributed by atoms with Gasteiger partial charge in [-0.15, -0.1) is 10.2 Å². The van der Waals surface area contributed by atoms with Crippen molar-refractivity contribution in [2.75, 3.05) is 18.5 Å². The van der Waals surface area contributed by atoms with Gasteiger partial charge in [0.25, 0.3) is 11.8 Å². The summed E-state index contributed by atoms with van der Waals surface area (Å²) in [6.45, 7) is 0.106. The smallest absolute Gasteiger partial charge is 0.264 e. The molecule has 2 N–H and O–H groups in total. The maximum Gasteiger partial charge on any atom is 0.264 e. The van der Waals surface area contributed by atoms with E-state index in [-0.39, 0.29) is 12.5 Å². The monoisotopic (exact) mass is 484 g/mol. The van der Waals surface area contributed by atoms with E-state index in [4.69, 9.17) is 39.5 Å². The first-order chi connectivity index (χ1) is 14.4. The highest BCUT2D eigenvalue weighted by Gasteiger charge is 2.12. The number of hydrogen-bond donors (Lipinski definition) is 2. The summed E-state index contributed by atoms with van der Waals surface area (Å²) in [6, 6.07) is 11.5. The Hall–Kier alpha value is -2.39. The minimum absolute atomic E-state index is 0.246. The van der Waals surface area contributed by atoms with Crippen molar-refractivity contribution in [3.05, 3.63) is 68.1 Å². The second-order valence-electron chi connectivity index (χ2n) is 5.90. The van der Waals surface area contributed by atoms with E-state index in [0.29, 0.717) is 49.5 Å². The van der Waals surface area contributed by atoms with Crippen LogP contribution in [0.3, 0.4) is 0 Å². The van der Waals surface area contributed by atoms with Gasteiger partial charge in [-0.25, -0.2) is 0 Å². The van der Waals surface area contributed by atoms with Crippen LogP contribution in [0, 0.1) is 0 Å². The molecule has 0 saturated heterocycles. The van der Waals surface area contributed by atoms with Crippen LogP contribution >= 0.6 is 46.1 Å². The van der Waals surface area contributed by atoms with Gasteiger partial charge in [0.05, 0.1) is 15.6 Å². The number of carbonyl (C=O) groups is 2. The van der Waals surface area contributed by atoms with Crippen molar-refractivity contribution < 1.29 is 14.3 Å². The summed E-state index contributed by atoms with van der Waals surface area (Å²) in [5.41, 5.74) is 0.408. The first kappa shape index (κ1) is 22.3. The van der Waals surface area contributed by atoms with Crippen molar-refractivity contribution in [3.63, 3.8) is 0 Å². The average molecular weight is 486 g/mol. The maximum absolute atomic E-state index is 12.1. The van der Waals surface area contributed by atoms with Crippen LogP contribution in [-0.2, 0) is 11.2 Å². The highest BCUT2D eigenvalue weighted by Crippen LogP contribution is 2.27. The summed E-state index contributed by atoms with van der Waals surface area (Å²) in [7, 11) is 0. The number of benzene rings is 2. The van der Waals surface area contributed by atoms with Crippen molar-refractivity contribution in [2.24, 2.45) is 0 Å². The van der Waals surface area contributed by atoms with E-state index < -0.39 is 5.91 Å². The molecule has 0 spiro atoms. The molecule has 0 bridgehead atoms. The lowest BCUT2D eigenvalue weighted by atomic mass is 10.2. The number of aromatic nitrogens is 2. The predicted molar refractivity (Wildman–Crippen MR) is 118 cm³/mol. The summed E-state index contributed by atoms with van der Waals surface area (Å²) >= 11 is 19.0. The normalized spacial score (nSPS) is 10.5. The third kappa shape index (κ3) is 6.30. The fourth-order valence-electron chi connectivity index (χ4n) is 2.32. The molecule has 7 nitrogen and oxygen atoms in total. The Morgan fingerprint density at radius 2 is 1.83 bits per heavy atom. The van der Waals surface area contributed by atoms with Gasteiger partial charge in [0.2, 0.25) is 5.13 Å². The third-order valence-corrected chi connectivity index (χ3v) is 5.47. The molecule has 0 radical (unpaired) electrons. The molecule has 1 heterocycles. The highest BCUT2D eigenvalue weighted by molar-refractivity contribution is 7.15. The van der Waals surface area contributed by atoms with Gasteiger partial charge < -0.3 is 10.1 Å². The molecular formula is C19H15Cl3N4O3S. The fraction of sp³-hybridized carbons (Fsp3) is 0.158. The number of hydrogen-bond acceptors (Lipinski definition) is 6. The van der Waals surface area contributed by atoms with Crippen LogP contribution in [0.25, 0.3) is 0 Å². The molecule has 0 aliphatic carbocycles. The van der Waals surface area contributed by atoms with E-state index in [2.05, 4.69) is 20.8 Å². The largest absolute Gasteiger partial charge is 0.482 e. The Kier molecular flexibility index (Phi) is 7.87. The topological polar surface area (TPSA) is 93.2 Å². The van der Waals surface area contributed by atoms with Gasteiger partial charge in [-0.05, 0) is 30.3 Å². The second kappa shape index (κ2) is 10.6. The number of amides is 2. The lowest BCUT2D eigenvalue weighted by molar-refractivity contribution is -0.118. The van der Waals surface area contributed by atoms with Crippen molar-refractivity contribution in [3.8, 4) is 5.75 Å². The molecule has 156 valence electrons. The van der Waals surface area contributed by atoms with E-state index in [0.717, 1.165) is 0 Å². The van der Waals surface area contributed by atoms with Gasteiger partial charge in [-0.2, -0.15) is 0 Å². The van der Waals surface area contributed by atoms with Gasteiger partial charge in [-0.1, -0.05) is 58.3 Å². The molecule has 0 atom stereocenters. The van der Waals surface area contributed by atoms with Gasteiger partial charge in [-0.3, -0.25) is 14.9 Å². The standard InChI is InChI=1S/C19H15Cl3N4O3S/c20-11-5-6-15(14(22)9-11)29-10-16(27)24-19-26-25-17(30-19)7-8-23-18(28)12-3-1-2-4-13(12)21/h1-6,9H,7-8,10H2,(H,23,28)(H,24,26,27). The second-order valence-corrected chi connectivity index (χ2v) is 8.21. The molecule has 1 aromatic heterocycles. The fourth-order valence-corrected chi connectivity index (χ4v) is 3.76. The third-order valence-electron chi connectivity index (χ3n) is 3.71. The SMILES string of the molecule is O=C(COc1ccc(Cl)cc1Cl)Nc1nnc(CCNC(=O)c2ccccc2Cl)s1. The highest BCUT2D eigenvalue weighted by atomic mass is 35.5. The number of halogens is 3. The molecule has 3 rings (SSSR count). The first-order valence-electron chi connectivity index (χ1n) is 8.65. The predicted octanol–water partition coefficient (Wildman–Crippen LogP) is 4.49. The minimum atomic E-state index is -0.407. The zero-order valence-electron chi connectivity index (χ0n) is 15.3. The minimum Gasteiger partial charge on any atom is -0.482 e. The van der Waals surface area contributed by atoms with Crippen LogP contribution in [0.4, 0.5) is 5.13 Å². The molecule has 2 aromatic carbocycles. The van der Waals surface area contributed by atoms with Crippen molar-refractivity contribution in [1.82, 2.24) is 15.5 Å². The van der Waals surface area contributed by atoms with Gasteiger partial charge in [0.15, 0.2) is 6.61 Å². The molecule has 2 amide bonds. The Labute approximate surface area is 191 Å². The summed E-state index contributed by atoms with van der Waals surface area (Å²) in [5.74, 6) is -0.323. The lowest BCUT2D eigenvalue weighted by Crippen LogP contribution is -2.25. The Morgan fingerprint density at radius 3 is 2.60 bits per heavy atom. The van der Waals surface area contributed by atoms with E-state index in [1.54, 1.807) is 36.4 Å². The Bertz CT molecular complexity index is 1060. The number of carbonyl (C=O) groups excluding carboxylic acids is 2. The number of rotatable bonds is 8. The number of ether oxygens (including phenoxy) is 1. The summed E-state index contributed by atoms with van der Waals surface area (Å²) < 4.78 is 5.37. The van der Waals surface area contributed by atoms with Crippen LogP contribution in [0.15, 0.2) is 42.5 Å². The summed E-state index contributed by atoms with van der Waals surface area (Å²) in [4.78, 5) is 24.2. The number of nitrogens with zero attached hydrogens (tertiary/aromatic N) is 2. The van der Waals surface area contributed by atoms with E-state index in [1.165, 1.54) is 17.4 Å². The maximum atomic E-state index is 12.1. The molecule has 0 aliphatic rings. The van der Waals surface area contributed by atoms with Crippen LogP contribution < -0.4 is 15.4 Å². The molecule has 0 aliphatic heterocycles. The molecular weight excluding hydrogens is 471 g/mol. The molecule has 30 heavy (non-hydrogen) atoms. The molecule has 3 aromatic rings.